The van der Waals surface area contributed by atoms with Crippen molar-refractivity contribution < 1.29 is 4.74 Å². The van der Waals surface area contributed by atoms with Gasteiger partial charge >= 0.3 is 0 Å². The van der Waals surface area contributed by atoms with Crippen LogP contribution in [0.4, 0.5) is 0 Å². The predicted octanol–water partition coefficient (Wildman–Crippen LogP) is 1.69. The van der Waals surface area contributed by atoms with E-state index in [0.717, 1.165) is 38.4 Å². The van der Waals surface area contributed by atoms with Crippen LogP contribution in [0.25, 0.3) is 0 Å². The Morgan fingerprint density at radius 3 is 2.88 bits per heavy atom. The second-order valence-electron chi connectivity index (χ2n) is 4.51. The fourth-order valence-electron chi connectivity index (χ4n) is 1.89. The van der Waals surface area contributed by atoms with E-state index in [1.165, 1.54) is 11.1 Å². The molecule has 0 saturated carbocycles. The zero-order valence-corrected chi connectivity index (χ0v) is 11.3. The van der Waals surface area contributed by atoms with E-state index >= 15 is 0 Å². The van der Waals surface area contributed by atoms with E-state index in [4.69, 9.17) is 4.74 Å². The first kappa shape index (κ1) is 14.3. The smallest absolute Gasteiger partial charge is 0.119 e. The van der Waals surface area contributed by atoms with Crippen molar-refractivity contribution in [2.24, 2.45) is 0 Å². The van der Waals surface area contributed by atoms with Crippen LogP contribution in [0.2, 0.25) is 0 Å². The Kier molecular flexibility index (Phi) is 5.75. The van der Waals surface area contributed by atoms with Crippen LogP contribution < -0.4 is 10.1 Å². The molecule has 0 fully saturated rings. The second kappa shape index (κ2) is 6.84. The Hall–Kier alpha value is -0.770. The molecule has 1 aromatic rings. The molecule has 1 N–H and O–H groups in total. The van der Waals surface area contributed by atoms with E-state index in [2.05, 4.69) is 42.5 Å². The van der Waals surface area contributed by atoms with Gasteiger partial charge in [0, 0.05) is 13.1 Å². The molecule has 0 spiro atoms. The summed E-state index contributed by atoms with van der Waals surface area (Å²) in [5.74, 6) is 1.00. The molecule has 0 atom stereocenters. The van der Waals surface area contributed by atoms with Gasteiger partial charge in [0.15, 0.2) is 0 Å². The Morgan fingerprint density at radius 2 is 2.12 bits per heavy atom. The zero-order chi connectivity index (χ0) is 11.4. The molecule has 96 valence electrons. The third kappa shape index (κ3) is 4.19. The Labute approximate surface area is 110 Å². The lowest BCUT2D eigenvalue weighted by Gasteiger charge is -2.18. The van der Waals surface area contributed by atoms with Crippen molar-refractivity contribution in [3.05, 3.63) is 29.3 Å². The summed E-state index contributed by atoms with van der Waals surface area (Å²) in [5.41, 5.74) is 2.84. The van der Waals surface area contributed by atoms with Crippen molar-refractivity contribution in [2.75, 3.05) is 33.8 Å². The van der Waals surface area contributed by atoms with Crippen molar-refractivity contribution >= 4 is 12.4 Å². The number of nitrogens with zero attached hydrogens (tertiary/aromatic N) is 1. The van der Waals surface area contributed by atoms with Gasteiger partial charge < -0.3 is 15.0 Å². The lowest BCUT2D eigenvalue weighted by atomic mass is 10.0. The molecule has 1 aliphatic rings. The van der Waals surface area contributed by atoms with Gasteiger partial charge in [0.2, 0.25) is 0 Å². The molecule has 0 radical (unpaired) electrons. The maximum Gasteiger partial charge on any atom is 0.119 e. The lowest BCUT2D eigenvalue weighted by Crippen LogP contribution is -2.23. The average Bonchev–Trinajstić information content (AvgIpc) is 2.28. The minimum absolute atomic E-state index is 0. The molecule has 1 aromatic carbocycles. The highest BCUT2D eigenvalue weighted by Gasteiger charge is 2.08. The van der Waals surface area contributed by atoms with Gasteiger partial charge in [0.1, 0.15) is 12.4 Å². The molecule has 0 saturated heterocycles. The highest BCUT2D eigenvalue weighted by Crippen LogP contribution is 2.20. The average molecular weight is 257 g/mol. The number of rotatable bonds is 4. The molecule has 4 heteroatoms. The van der Waals surface area contributed by atoms with E-state index in [0.29, 0.717) is 0 Å². The number of benzene rings is 1. The van der Waals surface area contributed by atoms with E-state index in [1.807, 2.05) is 0 Å². The standard InChI is InChI=1S/C13H20N2O.ClH/c1-15(2)7-8-16-13-4-3-12-10-14-6-5-11(12)9-13;/h3-4,9,14H,5-8,10H2,1-2H3;1H. The van der Waals surface area contributed by atoms with Crippen LogP contribution in [0.1, 0.15) is 11.1 Å². The van der Waals surface area contributed by atoms with Crippen molar-refractivity contribution in [1.82, 2.24) is 10.2 Å². The van der Waals surface area contributed by atoms with Gasteiger partial charge in [-0.2, -0.15) is 0 Å². The number of likely N-dealkylation sites (N-methyl/N-ethyl adjacent to an activating group) is 1. The molecule has 1 aliphatic heterocycles. The molecule has 0 bridgehead atoms. The summed E-state index contributed by atoms with van der Waals surface area (Å²) < 4.78 is 5.72. The van der Waals surface area contributed by atoms with Crippen LogP contribution in [-0.4, -0.2) is 38.7 Å². The van der Waals surface area contributed by atoms with Crippen LogP contribution in [0.3, 0.4) is 0 Å². The molecule has 0 aliphatic carbocycles. The maximum atomic E-state index is 5.72. The topological polar surface area (TPSA) is 24.5 Å². The molecule has 0 amide bonds. The Morgan fingerprint density at radius 1 is 1.29 bits per heavy atom. The van der Waals surface area contributed by atoms with E-state index in [-0.39, 0.29) is 12.4 Å². The summed E-state index contributed by atoms with van der Waals surface area (Å²) in [4.78, 5) is 2.13. The summed E-state index contributed by atoms with van der Waals surface area (Å²) in [6, 6.07) is 6.43. The second-order valence-corrected chi connectivity index (χ2v) is 4.51. The summed E-state index contributed by atoms with van der Waals surface area (Å²) in [7, 11) is 4.11. The summed E-state index contributed by atoms with van der Waals surface area (Å²) in [6.45, 7) is 3.78. The molecular weight excluding hydrogens is 236 g/mol. The van der Waals surface area contributed by atoms with Crippen molar-refractivity contribution in [2.45, 2.75) is 13.0 Å². The number of nitrogens with one attached hydrogen (secondary N) is 1. The number of hydrogen-bond acceptors (Lipinski definition) is 3. The van der Waals surface area contributed by atoms with Crippen molar-refractivity contribution in [3.8, 4) is 5.75 Å². The van der Waals surface area contributed by atoms with Gasteiger partial charge in [-0.15, -0.1) is 12.4 Å². The molecular formula is C13H21ClN2O. The van der Waals surface area contributed by atoms with E-state index in [9.17, 15) is 0 Å². The predicted molar refractivity (Wildman–Crippen MR) is 73.1 cm³/mol. The summed E-state index contributed by atoms with van der Waals surface area (Å²) >= 11 is 0. The minimum atomic E-state index is 0. The fourth-order valence-corrected chi connectivity index (χ4v) is 1.89. The molecule has 1 heterocycles. The molecule has 2 rings (SSSR count). The van der Waals surface area contributed by atoms with Gasteiger partial charge in [-0.05, 0) is 50.3 Å². The normalized spacial score (nSPS) is 14.1. The van der Waals surface area contributed by atoms with Crippen LogP contribution in [0, 0.1) is 0 Å². The monoisotopic (exact) mass is 256 g/mol. The van der Waals surface area contributed by atoms with E-state index in [1.54, 1.807) is 0 Å². The number of halogens is 1. The molecule has 0 unspecified atom stereocenters. The van der Waals surface area contributed by atoms with Crippen LogP contribution in [-0.2, 0) is 13.0 Å². The van der Waals surface area contributed by atoms with Crippen LogP contribution in [0.15, 0.2) is 18.2 Å². The number of fused-ring (bicyclic) bond motifs is 1. The molecule has 0 aromatic heterocycles. The van der Waals surface area contributed by atoms with Gasteiger partial charge in [0.25, 0.3) is 0 Å². The van der Waals surface area contributed by atoms with Crippen molar-refractivity contribution in [3.63, 3.8) is 0 Å². The lowest BCUT2D eigenvalue weighted by molar-refractivity contribution is 0.261. The third-order valence-electron chi connectivity index (χ3n) is 2.87. The zero-order valence-electron chi connectivity index (χ0n) is 10.5. The first-order chi connectivity index (χ1) is 7.75. The Balaban J connectivity index is 0.00000144. The quantitative estimate of drug-likeness (QED) is 0.888. The third-order valence-corrected chi connectivity index (χ3v) is 2.87. The highest BCUT2D eigenvalue weighted by atomic mass is 35.5. The van der Waals surface area contributed by atoms with Gasteiger partial charge in [-0.25, -0.2) is 0 Å². The first-order valence-corrected chi connectivity index (χ1v) is 5.86. The fraction of sp³-hybridized carbons (Fsp3) is 0.538. The molecule has 3 nitrogen and oxygen atoms in total. The number of hydrogen-bond donors (Lipinski definition) is 1. The van der Waals surface area contributed by atoms with Gasteiger partial charge in [0.05, 0.1) is 0 Å². The van der Waals surface area contributed by atoms with Crippen LogP contribution >= 0.6 is 12.4 Å². The number of ether oxygens (including phenoxy) is 1. The van der Waals surface area contributed by atoms with Gasteiger partial charge in [-0.1, -0.05) is 6.07 Å². The molecule has 17 heavy (non-hydrogen) atoms. The first-order valence-electron chi connectivity index (χ1n) is 5.86. The SMILES string of the molecule is CN(C)CCOc1ccc2c(c1)CCNC2.Cl. The summed E-state index contributed by atoms with van der Waals surface area (Å²) in [5, 5.41) is 3.37. The highest BCUT2D eigenvalue weighted by molar-refractivity contribution is 5.85. The minimum Gasteiger partial charge on any atom is -0.492 e. The van der Waals surface area contributed by atoms with Crippen molar-refractivity contribution in [1.29, 1.82) is 0 Å². The van der Waals surface area contributed by atoms with Crippen LogP contribution in [0.5, 0.6) is 5.75 Å². The largest absolute Gasteiger partial charge is 0.492 e. The maximum absolute atomic E-state index is 5.72. The summed E-state index contributed by atoms with van der Waals surface area (Å²) in [6.07, 6.45) is 1.11. The van der Waals surface area contributed by atoms with Gasteiger partial charge in [-0.3, -0.25) is 0 Å². The Bertz CT molecular complexity index is 355. The van der Waals surface area contributed by atoms with E-state index < -0.39 is 0 Å².